The van der Waals surface area contributed by atoms with Crippen LogP contribution in [-0.4, -0.2) is 55.5 Å². The molecule has 1 amide bonds. The van der Waals surface area contributed by atoms with Gasteiger partial charge in [-0.15, -0.1) is 0 Å². The summed E-state index contributed by atoms with van der Waals surface area (Å²) in [5, 5.41) is 3.34. The first kappa shape index (κ1) is 13.4. The van der Waals surface area contributed by atoms with Gasteiger partial charge in [0.25, 0.3) is 5.91 Å². The van der Waals surface area contributed by atoms with Crippen LogP contribution >= 0.6 is 0 Å². The van der Waals surface area contributed by atoms with Crippen LogP contribution in [0.5, 0.6) is 0 Å². The third kappa shape index (κ3) is 2.52. The van der Waals surface area contributed by atoms with Gasteiger partial charge in [-0.3, -0.25) is 4.79 Å². The fourth-order valence-electron chi connectivity index (χ4n) is 3.32. The van der Waals surface area contributed by atoms with Gasteiger partial charge in [0.1, 0.15) is 0 Å². The van der Waals surface area contributed by atoms with Gasteiger partial charge in [0, 0.05) is 36.9 Å². The Morgan fingerprint density at radius 1 is 1.45 bits per heavy atom. The molecule has 4 heteroatoms. The summed E-state index contributed by atoms with van der Waals surface area (Å²) >= 11 is 0. The number of amides is 1. The molecule has 20 heavy (non-hydrogen) atoms. The molecule has 0 saturated carbocycles. The molecule has 1 atom stereocenters. The maximum absolute atomic E-state index is 12.7. The Morgan fingerprint density at radius 2 is 2.30 bits per heavy atom. The monoisotopic (exact) mass is 273 g/mol. The SMILES string of the molecule is CN(C)CC1CCCN1C(=O)c1ccc2c(c1)CCN2. The molecule has 4 nitrogen and oxygen atoms in total. The quantitative estimate of drug-likeness (QED) is 0.912. The summed E-state index contributed by atoms with van der Waals surface area (Å²) in [6.45, 7) is 2.84. The van der Waals surface area contributed by atoms with Gasteiger partial charge >= 0.3 is 0 Å². The van der Waals surface area contributed by atoms with E-state index in [0.29, 0.717) is 6.04 Å². The van der Waals surface area contributed by atoms with Crippen LogP contribution in [0.3, 0.4) is 0 Å². The molecule has 1 fully saturated rings. The molecule has 2 aliphatic heterocycles. The molecule has 0 aliphatic carbocycles. The highest BCUT2D eigenvalue weighted by atomic mass is 16.2. The molecule has 2 aliphatic rings. The average Bonchev–Trinajstić information content (AvgIpc) is 3.04. The van der Waals surface area contributed by atoms with Crippen LogP contribution < -0.4 is 5.32 Å². The number of rotatable bonds is 3. The van der Waals surface area contributed by atoms with E-state index in [0.717, 1.165) is 44.5 Å². The second-order valence-electron chi connectivity index (χ2n) is 6.11. The lowest BCUT2D eigenvalue weighted by Gasteiger charge is -2.27. The molecule has 1 aromatic rings. The van der Waals surface area contributed by atoms with E-state index in [9.17, 15) is 4.79 Å². The number of likely N-dealkylation sites (N-methyl/N-ethyl adjacent to an activating group) is 1. The Hall–Kier alpha value is -1.55. The molecule has 108 valence electrons. The molecular weight excluding hydrogens is 250 g/mol. The first-order chi connectivity index (χ1) is 9.65. The number of hydrogen-bond donors (Lipinski definition) is 1. The topological polar surface area (TPSA) is 35.6 Å². The molecule has 1 unspecified atom stereocenters. The van der Waals surface area contributed by atoms with E-state index in [-0.39, 0.29) is 5.91 Å². The summed E-state index contributed by atoms with van der Waals surface area (Å²) in [4.78, 5) is 17.0. The third-order valence-corrected chi connectivity index (χ3v) is 4.28. The van der Waals surface area contributed by atoms with E-state index in [2.05, 4.69) is 35.3 Å². The summed E-state index contributed by atoms with van der Waals surface area (Å²) in [5.74, 6) is 0.198. The minimum atomic E-state index is 0.198. The molecular formula is C16H23N3O. The zero-order valence-corrected chi connectivity index (χ0v) is 12.4. The highest BCUT2D eigenvalue weighted by molar-refractivity contribution is 5.95. The molecule has 1 saturated heterocycles. The molecule has 3 rings (SSSR count). The van der Waals surface area contributed by atoms with E-state index < -0.39 is 0 Å². The molecule has 1 N–H and O–H groups in total. The van der Waals surface area contributed by atoms with Crippen molar-refractivity contribution in [1.82, 2.24) is 9.80 Å². The second-order valence-corrected chi connectivity index (χ2v) is 6.11. The fraction of sp³-hybridized carbons (Fsp3) is 0.562. The van der Waals surface area contributed by atoms with Crippen LogP contribution in [0.4, 0.5) is 5.69 Å². The lowest BCUT2D eigenvalue weighted by atomic mass is 10.1. The van der Waals surface area contributed by atoms with Crippen LogP contribution in [0.2, 0.25) is 0 Å². The predicted molar refractivity (Wildman–Crippen MR) is 81.2 cm³/mol. The highest BCUT2D eigenvalue weighted by Gasteiger charge is 2.30. The molecule has 0 radical (unpaired) electrons. The van der Waals surface area contributed by atoms with Crippen molar-refractivity contribution in [1.29, 1.82) is 0 Å². The van der Waals surface area contributed by atoms with Crippen molar-refractivity contribution in [2.45, 2.75) is 25.3 Å². The Morgan fingerprint density at radius 3 is 3.10 bits per heavy atom. The number of hydrogen-bond acceptors (Lipinski definition) is 3. The summed E-state index contributed by atoms with van der Waals surface area (Å²) in [7, 11) is 4.14. The molecule has 1 aromatic carbocycles. The van der Waals surface area contributed by atoms with Crippen molar-refractivity contribution >= 4 is 11.6 Å². The van der Waals surface area contributed by atoms with Crippen molar-refractivity contribution < 1.29 is 4.79 Å². The van der Waals surface area contributed by atoms with Gasteiger partial charge in [0.2, 0.25) is 0 Å². The maximum atomic E-state index is 12.7. The smallest absolute Gasteiger partial charge is 0.254 e. The maximum Gasteiger partial charge on any atom is 0.254 e. The summed E-state index contributed by atoms with van der Waals surface area (Å²) < 4.78 is 0. The Labute approximate surface area is 120 Å². The fourth-order valence-corrected chi connectivity index (χ4v) is 3.32. The Balaban J connectivity index is 1.78. The van der Waals surface area contributed by atoms with Gasteiger partial charge < -0.3 is 15.1 Å². The van der Waals surface area contributed by atoms with E-state index in [1.807, 2.05) is 12.1 Å². The van der Waals surface area contributed by atoms with E-state index in [4.69, 9.17) is 0 Å². The van der Waals surface area contributed by atoms with Crippen LogP contribution in [-0.2, 0) is 6.42 Å². The van der Waals surface area contributed by atoms with E-state index >= 15 is 0 Å². The van der Waals surface area contributed by atoms with Gasteiger partial charge in [0.05, 0.1) is 0 Å². The summed E-state index contributed by atoms with van der Waals surface area (Å²) in [6, 6.07) is 6.45. The van der Waals surface area contributed by atoms with Crippen molar-refractivity contribution in [2.24, 2.45) is 0 Å². The van der Waals surface area contributed by atoms with Crippen LogP contribution in [0.15, 0.2) is 18.2 Å². The lowest BCUT2D eigenvalue weighted by molar-refractivity contribution is 0.0716. The number of benzene rings is 1. The van der Waals surface area contributed by atoms with Crippen LogP contribution in [0.25, 0.3) is 0 Å². The largest absolute Gasteiger partial charge is 0.384 e. The normalized spacial score (nSPS) is 21.1. The average molecular weight is 273 g/mol. The number of fused-ring (bicyclic) bond motifs is 1. The van der Waals surface area contributed by atoms with Gasteiger partial charge in [-0.1, -0.05) is 0 Å². The van der Waals surface area contributed by atoms with E-state index in [1.165, 1.54) is 11.3 Å². The van der Waals surface area contributed by atoms with Crippen molar-refractivity contribution in [2.75, 3.05) is 39.0 Å². The van der Waals surface area contributed by atoms with Gasteiger partial charge in [-0.05, 0) is 57.1 Å². The number of anilines is 1. The first-order valence-electron chi connectivity index (χ1n) is 7.47. The van der Waals surface area contributed by atoms with Crippen molar-refractivity contribution in [3.05, 3.63) is 29.3 Å². The zero-order chi connectivity index (χ0) is 14.1. The number of nitrogens with zero attached hydrogens (tertiary/aromatic N) is 2. The molecule has 0 spiro atoms. The number of nitrogens with one attached hydrogen (secondary N) is 1. The number of carbonyl (C=O) groups excluding carboxylic acids is 1. The number of carbonyl (C=O) groups is 1. The molecule has 0 bridgehead atoms. The van der Waals surface area contributed by atoms with Crippen molar-refractivity contribution in [3.63, 3.8) is 0 Å². The standard InChI is InChI=1S/C16H23N3O/c1-18(2)11-14-4-3-9-19(14)16(20)13-5-6-15-12(10-13)7-8-17-15/h5-6,10,14,17H,3-4,7-9,11H2,1-2H3. The van der Waals surface area contributed by atoms with Gasteiger partial charge in [0.15, 0.2) is 0 Å². The second kappa shape index (κ2) is 5.44. The molecule has 0 aromatic heterocycles. The predicted octanol–water partition coefficient (Wildman–Crippen LogP) is 1.82. The van der Waals surface area contributed by atoms with E-state index in [1.54, 1.807) is 0 Å². The molecule has 2 heterocycles. The minimum absolute atomic E-state index is 0.198. The third-order valence-electron chi connectivity index (χ3n) is 4.28. The minimum Gasteiger partial charge on any atom is -0.384 e. The van der Waals surface area contributed by atoms with Crippen LogP contribution in [0.1, 0.15) is 28.8 Å². The summed E-state index contributed by atoms with van der Waals surface area (Å²) in [6.07, 6.45) is 3.27. The highest BCUT2D eigenvalue weighted by Crippen LogP contribution is 2.26. The number of likely N-dealkylation sites (tertiary alicyclic amines) is 1. The van der Waals surface area contributed by atoms with Gasteiger partial charge in [-0.25, -0.2) is 0 Å². The Kier molecular flexibility index (Phi) is 3.66. The van der Waals surface area contributed by atoms with Gasteiger partial charge in [-0.2, -0.15) is 0 Å². The zero-order valence-electron chi connectivity index (χ0n) is 12.4. The van der Waals surface area contributed by atoms with Crippen LogP contribution in [0, 0.1) is 0 Å². The van der Waals surface area contributed by atoms with Crippen molar-refractivity contribution in [3.8, 4) is 0 Å². The lowest BCUT2D eigenvalue weighted by Crippen LogP contribution is -2.41. The first-order valence-corrected chi connectivity index (χ1v) is 7.47. The summed E-state index contributed by atoms with van der Waals surface area (Å²) in [5.41, 5.74) is 3.31. The Bertz CT molecular complexity index is 512.